The molecule has 32 heavy (non-hydrogen) atoms. The van der Waals surface area contributed by atoms with Gasteiger partial charge in [-0.2, -0.15) is 4.31 Å². The second kappa shape index (κ2) is 11.1. The fourth-order valence-electron chi connectivity index (χ4n) is 3.43. The number of ether oxygens (including phenoxy) is 1. The lowest BCUT2D eigenvalue weighted by atomic mass is 10.2. The number of hydrogen-bond donors (Lipinski definition) is 2. The van der Waals surface area contributed by atoms with Crippen LogP contribution in [0.25, 0.3) is 0 Å². The number of carbonyl (C=O) groups excluding carboxylic acids is 2. The third-order valence-electron chi connectivity index (χ3n) is 5.32. The van der Waals surface area contributed by atoms with Gasteiger partial charge in [-0.05, 0) is 55.2 Å². The van der Waals surface area contributed by atoms with Crippen LogP contribution in [0.5, 0.6) is 5.75 Å². The van der Waals surface area contributed by atoms with E-state index >= 15 is 0 Å². The molecule has 0 radical (unpaired) electrons. The van der Waals surface area contributed by atoms with Crippen LogP contribution in [0.3, 0.4) is 0 Å². The van der Waals surface area contributed by atoms with Gasteiger partial charge in [0.25, 0.3) is 11.8 Å². The Hall–Kier alpha value is -2.91. The molecule has 3 rings (SSSR count). The second-order valence-corrected chi connectivity index (χ2v) is 9.57. The number of benzene rings is 2. The number of carbonyl (C=O) groups is 2. The van der Waals surface area contributed by atoms with Crippen molar-refractivity contribution in [3.05, 3.63) is 59.7 Å². The summed E-state index contributed by atoms with van der Waals surface area (Å²) < 4.78 is 32.8. The van der Waals surface area contributed by atoms with Gasteiger partial charge >= 0.3 is 0 Å². The quantitative estimate of drug-likeness (QED) is 0.620. The monoisotopic (exact) mass is 459 g/mol. The Morgan fingerprint density at radius 3 is 2.31 bits per heavy atom. The van der Waals surface area contributed by atoms with Crippen LogP contribution in [-0.4, -0.2) is 44.2 Å². The van der Waals surface area contributed by atoms with Gasteiger partial charge in [0.2, 0.25) is 10.0 Å². The number of aryl methyl sites for hydroxylation is 1. The Morgan fingerprint density at radius 2 is 1.66 bits per heavy atom. The molecule has 1 aliphatic heterocycles. The van der Waals surface area contributed by atoms with Crippen molar-refractivity contribution in [3.8, 4) is 5.75 Å². The van der Waals surface area contributed by atoms with Gasteiger partial charge in [0.05, 0.1) is 4.90 Å². The van der Waals surface area contributed by atoms with Crippen molar-refractivity contribution < 1.29 is 22.7 Å². The van der Waals surface area contributed by atoms with Crippen LogP contribution in [-0.2, 0) is 21.2 Å². The molecule has 8 nitrogen and oxygen atoms in total. The number of amides is 2. The van der Waals surface area contributed by atoms with Crippen LogP contribution in [0.4, 0.5) is 0 Å². The minimum atomic E-state index is -3.67. The maximum absolute atomic E-state index is 12.9. The molecule has 0 aromatic heterocycles. The lowest BCUT2D eigenvalue weighted by molar-refractivity contribution is -0.123. The first-order valence-corrected chi connectivity index (χ1v) is 12.3. The van der Waals surface area contributed by atoms with Gasteiger partial charge in [0.15, 0.2) is 6.61 Å². The van der Waals surface area contributed by atoms with E-state index in [9.17, 15) is 18.0 Å². The van der Waals surface area contributed by atoms with E-state index in [1.807, 2.05) is 19.1 Å². The van der Waals surface area contributed by atoms with Crippen molar-refractivity contribution in [2.24, 2.45) is 0 Å². The summed E-state index contributed by atoms with van der Waals surface area (Å²) in [4.78, 5) is 24.5. The number of sulfonamides is 1. The molecule has 0 unspecified atom stereocenters. The molecule has 1 fully saturated rings. The summed E-state index contributed by atoms with van der Waals surface area (Å²) in [5.41, 5.74) is 5.87. The molecule has 2 aromatic carbocycles. The number of nitrogens with one attached hydrogen (secondary N) is 2. The van der Waals surface area contributed by atoms with Crippen molar-refractivity contribution in [3.63, 3.8) is 0 Å². The zero-order chi connectivity index (χ0) is 23.0. The third kappa shape index (κ3) is 6.30. The van der Waals surface area contributed by atoms with Crippen molar-refractivity contribution in [2.75, 3.05) is 19.7 Å². The molecule has 1 saturated heterocycles. The Bertz CT molecular complexity index is 1030. The number of hydrogen-bond acceptors (Lipinski definition) is 5. The van der Waals surface area contributed by atoms with E-state index in [2.05, 4.69) is 10.9 Å². The van der Waals surface area contributed by atoms with Crippen molar-refractivity contribution in [1.82, 2.24) is 15.2 Å². The first-order chi connectivity index (χ1) is 15.4. The molecule has 0 aliphatic carbocycles. The maximum Gasteiger partial charge on any atom is 0.276 e. The summed E-state index contributed by atoms with van der Waals surface area (Å²) in [5.74, 6) is -0.597. The van der Waals surface area contributed by atoms with E-state index in [0.717, 1.165) is 37.7 Å². The Labute approximate surface area is 189 Å². The van der Waals surface area contributed by atoms with Crippen LogP contribution in [0, 0.1) is 0 Å². The summed E-state index contributed by atoms with van der Waals surface area (Å²) >= 11 is 0. The van der Waals surface area contributed by atoms with Gasteiger partial charge in [-0.25, -0.2) is 8.42 Å². The zero-order valence-electron chi connectivity index (χ0n) is 18.2. The fourth-order valence-corrected chi connectivity index (χ4v) is 5.00. The molecule has 9 heteroatoms. The van der Waals surface area contributed by atoms with Crippen molar-refractivity contribution in [2.45, 2.75) is 43.9 Å². The van der Waals surface area contributed by atoms with Gasteiger partial charge in [0, 0.05) is 18.7 Å². The van der Waals surface area contributed by atoms with E-state index < -0.39 is 21.8 Å². The third-order valence-corrected chi connectivity index (χ3v) is 7.21. The van der Waals surface area contributed by atoms with Crippen molar-refractivity contribution >= 4 is 21.8 Å². The number of rotatable bonds is 7. The van der Waals surface area contributed by atoms with Crippen LogP contribution in [0.15, 0.2) is 53.4 Å². The van der Waals surface area contributed by atoms with Gasteiger partial charge in [0.1, 0.15) is 5.75 Å². The number of hydrazine groups is 1. The molecule has 172 valence electrons. The first-order valence-electron chi connectivity index (χ1n) is 10.8. The molecular formula is C23H29N3O5S. The van der Waals surface area contributed by atoms with Crippen LogP contribution in [0.2, 0.25) is 0 Å². The van der Waals surface area contributed by atoms with Crippen LogP contribution in [0.1, 0.15) is 48.5 Å². The van der Waals surface area contributed by atoms with E-state index in [1.165, 1.54) is 28.6 Å². The minimum Gasteiger partial charge on any atom is -0.484 e. The van der Waals surface area contributed by atoms with E-state index in [4.69, 9.17) is 4.74 Å². The standard InChI is InChI=1S/C23H29N3O5S/c1-2-18-10-12-20(13-11-18)31-17-22(27)24-25-23(28)19-8-7-9-21(16-19)32(29,30)26-14-5-3-4-6-15-26/h7-13,16H,2-6,14-15,17H2,1H3,(H,24,27)(H,25,28). The van der Waals surface area contributed by atoms with Gasteiger partial charge in [-0.3, -0.25) is 20.4 Å². The maximum atomic E-state index is 12.9. The Balaban J connectivity index is 1.55. The normalized spacial score (nSPS) is 14.9. The molecular weight excluding hydrogens is 430 g/mol. The second-order valence-electron chi connectivity index (χ2n) is 7.63. The number of nitrogens with zero attached hydrogens (tertiary/aromatic N) is 1. The van der Waals surface area contributed by atoms with E-state index in [0.29, 0.717) is 18.8 Å². The first kappa shape index (κ1) is 23.7. The lowest BCUT2D eigenvalue weighted by Crippen LogP contribution is -2.43. The Morgan fingerprint density at radius 1 is 0.969 bits per heavy atom. The van der Waals surface area contributed by atoms with E-state index in [1.54, 1.807) is 12.1 Å². The SMILES string of the molecule is CCc1ccc(OCC(=O)NNC(=O)c2cccc(S(=O)(=O)N3CCCCCC3)c2)cc1. The predicted molar refractivity (Wildman–Crippen MR) is 121 cm³/mol. The average Bonchev–Trinajstić information content (AvgIpc) is 3.12. The summed E-state index contributed by atoms with van der Waals surface area (Å²) in [5, 5.41) is 0. The lowest BCUT2D eigenvalue weighted by Gasteiger charge is -2.20. The molecule has 2 aromatic rings. The Kier molecular flexibility index (Phi) is 8.24. The predicted octanol–water partition coefficient (Wildman–Crippen LogP) is 2.65. The summed E-state index contributed by atoms with van der Waals surface area (Å²) in [6, 6.07) is 13.2. The highest BCUT2D eigenvalue weighted by Crippen LogP contribution is 2.21. The smallest absolute Gasteiger partial charge is 0.276 e. The molecule has 2 N–H and O–H groups in total. The fraction of sp³-hybridized carbons (Fsp3) is 0.391. The molecule has 0 spiro atoms. The molecule has 0 saturated carbocycles. The van der Waals surface area contributed by atoms with Crippen LogP contribution < -0.4 is 15.6 Å². The molecule has 1 aliphatic rings. The van der Waals surface area contributed by atoms with E-state index in [-0.39, 0.29) is 17.1 Å². The van der Waals surface area contributed by atoms with Gasteiger partial charge < -0.3 is 4.74 Å². The highest BCUT2D eigenvalue weighted by molar-refractivity contribution is 7.89. The minimum absolute atomic E-state index is 0.0669. The van der Waals surface area contributed by atoms with Gasteiger partial charge in [-0.1, -0.05) is 38.0 Å². The molecule has 1 heterocycles. The molecule has 2 amide bonds. The zero-order valence-corrected chi connectivity index (χ0v) is 19.0. The highest BCUT2D eigenvalue weighted by Gasteiger charge is 2.25. The topological polar surface area (TPSA) is 105 Å². The summed E-state index contributed by atoms with van der Waals surface area (Å²) in [6.45, 7) is 2.74. The molecule has 0 bridgehead atoms. The summed E-state index contributed by atoms with van der Waals surface area (Å²) in [7, 11) is -3.67. The molecule has 0 atom stereocenters. The average molecular weight is 460 g/mol. The summed E-state index contributed by atoms with van der Waals surface area (Å²) in [6.07, 6.45) is 4.60. The van der Waals surface area contributed by atoms with Crippen LogP contribution >= 0.6 is 0 Å². The van der Waals surface area contributed by atoms with Gasteiger partial charge in [-0.15, -0.1) is 0 Å². The largest absolute Gasteiger partial charge is 0.484 e. The highest BCUT2D eigenvalue weighted by atomic mass is 32.2. The van der Waals surface area contributed by atoms with Crippen molar-refractivity contribution in [1.29, 1.82) is 0 Å².